The summed E-state index contributed by atoms with van der Waals surface area (Å²) in [6.45, 7) is 6.61. The maximum absolute atomic E-state index is 8.12. The third-order valence-electron chi connectivity index (χ3n) is 6.31. The molecule has 0 bridgehead atoms. The van der Waals surface area contributed by atoms with Crippen LogP contribution in [0.3, 0.4) is 0 Å². The van der Waals surface area contributed by atoms with Crippen molar-refractivity contribution in [2.45, 2.75) is 39.5 Å². The molecule has 0 saturated heterocycles. The predicted molar refractivity (Wildman–Crippen MR) is 140 cm³/mol. The fourth-order valence-electron chi connectivity index (χ4n) is 4.38. The Morgan fingerprint density at radius 3 is 2.09 bits per heavy atom. The molecule has 0 saturated carbocycles. The van der Waals surface area contributed by atoms with Crippen LogP contribution in [0.4, 0.5) is 11.4 Å². The Balaban J connectivity index is 1.89. The number of nitrogens with one attached hydrogen (secondary N) is 1. The van der Waals surface area contributed by atoms with Gasteiger partial charge in [-0.3, -0.25) is 0 Å². The molecule has 0 atom stereocenters. The van der Waals surface area contributed by atoms with Crippen LogP contribution in [0.1, 0.15) is 39.5 Å². The van der Waals surface area contributed by atoms with E-state index in [0.29, 0.717) is 5.36 Å². The highest BCUT2D eigenvalue weighted by atomic mass is 16.3. The van der Waals surface area contributed by atoms with Crippen LogP contribution in [0.25, 0.3) is 33.4 Å². The van der Waals surface area contributed by atoms with E-state index < -0.39 is 0 Å². The molecule has 1 heterocycles. The van der Waals surface area contributed by atoms with E-state index >= 15 is 0 Å². The molecule has 0 unspecified atom stereocenters. The number of benzene rings is 3. The third-order valence-corrected chi connectivity index (χ3v) is 6.31. The van der Waals surface area contributed by atoms with Gasteiger partial charge in [-0.2, -0.15) is 0 Å². The largest absolute Gasteiger partial charge is 0.456 e. The monoisotopic (exact) mass is 441 g/mol. The molecule has 33 heavy (non-hydrogen) atoms. The fraction of sp³-hybridized carbons (Fsp3) is 0.345. The molecule has 0 radical (unpaired) electrons. The second-order valence-electron chi connectivity index (χ2n) is 9.00. The summed E-state index contributed by atoms with van der Waals surface area (Å²) in [6.07, 6.45) is 4.74. The van der Waals surface area contributed by atoms with Gasteiger partial charge in [-0.15, -0.1) is 0 Å². The van der Waals surface area contributed by atoms with Crippen molar-refractivity contribution in [2.24, 2.45) is 0 Å². The van der Waals surface area contributed by atoms with Gasteiger partial charge >= 0.3 is 0 Å². The summed E-state index contributed by atoms with van der Waals surface area (Å²) in [5.41, 5.74) is 6.62. The van der Waals surface area contributed by atoms with E-state index in [-0.39, 0.29) is 0 Å². The van der Waals surface area contributed by atoms with Crippen molar-refractivity contribution in [3.05, 3.63) is 66.0 Å². The van der Waals surface area contributed by atoms with Gasteiger partial charge in [-0.25, -0.2) is 0 Å². The lowest BCUT2D eigenvalue weighted by Crippen LogP contribution is -2.25. The molecular formula is C29H35N3O. The smallest absolute Gasteiger partial charge is 0.137 e. The Kier molecular flexibility index (Phi) is 7.02. The van der Waals surface area contributed by atoms with Gasteiger partial charge in [0.1, 0.15) is 11.3 Å². The third kappa shape index (κ3) is 4.90. The van der Waals surface area contributed by atoms with Crippen LogP contribution in [0.15, 0.2) is 65.1 Å². The Labute approximate surface area is 197 Å². The molecule has 2 aromatic rings. The van der Waals surface area contributed by atoms with Gasteiger partial charge in [-0.1, -0.05) is 38.8 Å². The second-order valence-corrected chi connectivity index (χ2v) is 9.00. The van der Waals surface area contributed by atoms with Gasteiger partial charge in [0.05, 0.1) is 5.36 Å². The minimum Gasteiger partial charge on any atom is -0.456 e. The Bertz CT molecular complexity index is 1230. The van der Waals surface area contributed by atoms with Crippen LogP contribution in [0, 0.1) is 5.41 Å². The lowest BCUT2D eigenvalue weighted by molar-refractivity contribution is 0.618. The Morgan fingerprint density at radius 2 is 1.45 bits per heavy atom. The molecule has 0 aromatic heterocycles. The van der Waals surface area contributed by atoms with Crippen molar-refractivity contribution < 1.29 is 4.42 Å². The van der Waals surface area contributed by atoms with Crippen molar-refractivity contribution in [2.75, 3.05) is 37.0 Å². The maximum atomic E-state index is 8.12. The highest BCUT2D eigenvalue weighted by Gasteiger charge is 2.18. The van der Waals surface area contributed by atoms with Crippen LogP contribution >= 0.6 is 0 Å². The quantitative estimate of drug-likeness (QED) is 0.280. The molecule has 2 aliphatic rings. The molecular weight excluding hydrogens is 406 g/mol. The zero-order valence-electron chi connectivity index (χ0n) is 20.3. The number of nitrogens with zero attached hydrogens (tertiary/aromatic N) is 2. The SMILES string of the molecule is CCCCN(CCCC)c1ccc2c(-c3ccc(N(C)C)cc3)c3ccc(=N)cc-3oc2c1. The van der Waals surface area contributed by atoms with Crippen molar-refractivity contribution >= 4 is 22.3 Å². The number of anilines is 2. The molecule has 1 N–H and O–H groups in total. The van der Waals surface area contributed by atoms with Crippen LogP contribution < -0.4 is 15.2 Å². The Hall–Kier alpha value is -3.27. The summed E-state index contributed by atoms with van der Waals surface area (Å²) in [7, 11) is 4.11. The molecule has 0 fully saturated rings. The van der Waals surface area contributed by atoms with E-state index in [4.69, 9.17) is 9.83 Å². The number of rotatable bonds is 9. The van der Waals surface area contributed by atoms with Crippen LogP contribution in [-0.2, 0) is 0 Å². The van der Waals surface area contributed by atoms with E-state index in [1.165, 1.54) is 37.1 Å². The van der Waals surface area contributed by atoms with Gasteiger partial charge in [0, 0.05) is 67.2 Å². The van der Waals surface area contributed by atoms with Gasteiger partial charge in [-0.05, 0) is 54.8 Å². The highest BCUT2D eigenvalue weighted by Crippen LogP contribution is 2.41. The minimum atomic E-state index is 0.461. The first-order chi connectivity index (χ1) is 16.0. The van der Waals surface area contributed by atoms with Crippen molar-refractivity contribution in [1.82, 2.24) is 0 Å². The standard InChI is InChI=1S/C29H35N3O/c1-5-7-17-32(18-8-6-2)24-14-16-26-28(20-24)33-27-19-22(30)11-15-25(27)29(26)21-9-12-23(13-10-21)31(3)4/h9-16,19-20,30H,5-8,17-18H2,1-4H3. The molecule has 2 aromatic carbocycles. The summed E-state index contributed by atoms with van der Waals surface area (Å²) < 4.78 is 6.40. The van der Waals surface area contributed by atoms with Crippen LogP contribution in [0.2, 0.25) is 0 Å². The molecule has 4 nitrogen and oxygen atoms in total. The van der Waals surface area contributed by atoms with E-state index in [0.717, 1.165) is 46.5 Å². The van der Waals surface area contributed by atoms with Crippen LogP contribution in [0.5, 0.6) is 0 Å². The zero-order chi connectivity index (χ0) is 23.4. The Morgan fingerprint density at radius 1 is 0.788 bits per heavy atom. The van der Waals surface area contributed by atoms with Gasteiger partial charge in [0.2, 0.25) is 0 Å². The lowest BCUT2D eigenvalue weighted by Gasteiger charge is -2.25. The summed E-state index contributed by atoms with van der Waals surface area (Å²) in [6, 6.07) is 21.0. The van der Waals surface area contributed by atoms with Crippen molar-refractivity contribution in [3.63, 3.8) is 0 Å². The van der Waals surface area contributed by atoms with Crippen molar-refractivity contribution in [3.8, 4) is 22.5 Å². The fourth-order valence-corrected chi connectivity index (χ4v) is 4.38. The van der Waals surface area contributed by atoms with Crippen LogP contribution in [-0.4, -0.2) is 27.2 Å². The molecule has 4 rings (SSSR count). The molecule has 4 heteroatoms. The first-order valence-corrected chi connectivity index (χ1v) is 12.1. The van der Waals surface area contributed by atoms with Gasteiger partial charge < -0.3 is 19.6 Å². The predicted octanol–water partition coefficient (Wildman–Crippen LogP) is 7.16. The molecule has 0 spiro atoms. The average Bonchev–Trinajstić information content (AvgIpc) is 2.82. The normalized spacial score (nSPS) is 11.3. The topological polar surface area (TPSA) is 43.5 Å². The summed E-state index contributed by atoms with van der Waals surface area (Å²) in [4.78, 5) is 4.60. The summed E-state index contributed by atoms with van der Waals surface area (Å²) >= 11 is 0. The van der Waals surface area contributed by atoms with E-state index in [9.17, 15) is 0 Å². The number of hydrogen-bond acceptors (Lipinski definition) is 4. The van der Waals surface area contributed by atoms with Crippen molar-refractivity contribution in [1.29, 1.82) is 5.41 Å². The maximum Gasteiger partial charge on any atom is 0.137 e. The highest BCUT2D eigenvalue weighted by molar-refractivity contribution is 6.02. The molecule has 1 aliphatic heterocycles. The number of hydrogen-bond donors (Lipinski definition) is 1. The minimum absolute atomic E-state index is 0.461. The summed E-state index contributed by atoms with van der Waals surface area (Å²) in [5.74, 6) is 0.757. The first-order valence-electron chi connectivity index (χ1n) is 12.1. The number of unbranched alkanes of at least 4 members (excludes halogenated alkanes) is 2. The average molecular weight is 442 g/mol. The lowest BCUT2D eigenvalue weighted by atomic mass is 9.93. The second kappa shape index (κ2) is 10.1. The number of fused-ring (bicyclic) bond motifs is 2. The molecule has 1 aliphatic carbocycles. The van der Waals surface area contributed by atoms with Gasteiger partial charge in [0.25, 0.3) is 0 Å². The first kappa shape index (κ1) is 22.9. The van der Waals surface area contributed by atoms with E-state index in [2.05, 4.69) is 80.2 Å². The van der Waals surface area contributed by atoms with E-state index in [1.54, 1.807) is 0 Å². The molecule has 0 amide bonds. The van der Waals surface area contributed by atoms with E-state index in [1.807, 2.05) is 18.2 Å². The van der Waals surface area contributed by atoms with Gasteiger partial charge in [0.15, 0.2) is 0 Å². The summed E-state index contributed by atoms with van der Waals surface area (Å²) in [5, 5.41) is 9.69. The molecule has 172 valence electrons. The zero-order valence-corrected chi connectivity index (χ0v) is 20.3.